The highest BCUT2D eigenvalue weighted by atomic mass is 19.1. The zero-order valence-corrected chi connectivity index (χ0v) is 7.22. The Morgan fingerprint density at radius 3 is 2.82 bits per heavy atom. The Morgan fingerprint density at radius 1 is 1.64 bits per heavy atom. The molecule has 11 heavy (non-hydrogen) atoms. The fourth-order valence-corrected chi connectivity index (χ4v) is 1.50. The quantitative estimate of drug-likeness (QED) is 0.600. The zero-order valence-electron chi connectivity index (χ0n) is 7.22. The van der Waals surface area contributed by atoms with Crippen molar-refractivity contribution in [3.05, 3.63) is 0 Å². The molecule has 1 fully saturated rings. The van der Waals surface area contributed by atoms with E-state index >= 15 is 0 Å². The van der Waals surface area contributed by atoms with Crippen molar-refractivity contribution in [2.24, 2.45) is 0 Å². The molecule has 0 aromatic heterocycles. The molecule has 2 atom stereocenters. The number of nitrogens with zero attached hydrogens (tertiary/aromatic N) is 1. The van der Waals surface area contributed by atoms with Crippen LogP contribution >= 0.6 is 0 Å². The van der Waals surface area contributed by atoms with Crippen molar-refractivity contribution in [2.45, 2.75) is 25.6 Å². The van der Waals surface area contributed by atoms with E-state index in [9.17, 15) is 4.39 Å². The summed E-state index contributed by atoms with van der Waals surface area (Å²) in [6, 6.07) is 0. The van der Waals surface area contributed by atoms with Crippen molar-refractivity contribution in [1.29, 1.82) is 0 Å². The van der Waals surface area contributed by atoms with E-state index in [1.165, 1.54) is 0 Å². The Labute approximate surface area is 67.3 Å². The molecule has 0 unspecified atom stereocenters. The highest BCUT2D eigenvalue weighted by Crippen LogP contribution is 2.15. The van der Waals surface area contributed by atoms with E-state index in [-0.39, 0.29) is 6.10 Å². The maximum Gasteiger partial charge on any atom is 0.139 e. The fraction of sp³-hybridized carbons (Fsp3) is 1.00. The van der Waals surface area contributed by atoms with E-state index in [1.807, 2.05) is 0 Å². The van der Waals surface area contributed by atoms with Crippen LogP contribution in [0.25, 0.3) is 0 Å². The molecular formula is C8H16FNO. The van der Waals surface area contributed by atoms with Crippen LogP contribution in [-0.4, -0.2) is 43.9 Å². The molecule has 0 radical (unpaired) electrons. The monoisotopic (exact) mass is 161 g/mol. The summed E-state index contributed by atoms with van der Waals surface area (Å²) in [7, 11) is 1.58. The highest BCUT2D eigenvalue weighted by Gasteiger charge is 2.27. The summed E-state index contributed by atoms with van der Waals surface area (Å²) in [6.07, 6.45) is -0.141. The Hall–Kier alpha value is -0.150. The van der Waals surface area contributed by atoms with Crippen molar-refractivity contribution in [2.75, 3.05) is 26.7 Å². The van der Waals surface area contributed by atoms with Crippen LogP contribution in [0.2, 0.25) is 0 Å². The fourth-order valence-electron chi connectivity index (χ4n) is 1.50. The van der Waals surface area contributed by atoms with Gasteiger partial charge in [0, 0.05) is 20.2 Å². The van der Waals surface area contributed by atoms with Crippen molar-refractivity contribution in [1.82, 2.24) is 4.90 Å². The minimum atomic E-state index is -0.798. The second-order valence-corrected chi connectivity index (χ2v) is 2.97. The van der Waals surface area contributed by atoms with Crippen LogP contribution in [0, 0.1) is 0 Å². The average Bonchev–Trinajstić information content (AvgIpc) is 2.04. The number of methoxy groups -OCH3 is 1. The normalized spacial score (nSPS) is 34.1. The minimum Gasteiger partial charge on any atom is -0.378 e. The number of alkyl halides is 1. The number of rotatable bonds is 2. The Bertz CT molecular complexity index is 121. The molecule has 0 amide bonds. The predicted octanol–water partition coefficient (Wildman–Crippen LogP) is 1.07. The minimum absolute atomic E-state index is 0.169. The van der Waals surface area contributed by atoms with Gasteiger partial charge < -0.3 is 9.64 Å². The molecule has 1 aliphatic heterocycles. The van der Waals surface area contributed by atoms with E-state index in [1.54, 1.807) is 7.11 Å². The maximum atomic E-state index is 13.1. The van der Waals surface area contributed by atoms with Crippen LogP contribution < -0.4 is 0 Å². The Kier molecular flexibility index (Phi) is 3.27. The molecule has 0 aliphatic carbocycles. The molecule has 0 aromatic carbocycles. The molecule has 2 nitrogen and oxygen atoms in total. The van der Waals surface area contributed by atoms with Gasteiger partial charge in [0.15, 0.2) is 0 Å². The first-order valence-electron chi connectivity index (χ1n) is 4.17. The van der Waals surface area contributed by atoms with Crippen molar-refractivity contribution in [3.63, 3.8) is 0 Å². The van der Waals surface area contributed by atoms with Gasteiger partial charge in [0.25, 0.3) is 0 Å². The number of piperidine rings is 1. The van der Waals surface area contributed by atoms with Gasteiger partial charge in [-0.2, -0.15) is 0 Å². The molecule has 1 rings (SSSR count). The van der Waals surface area contributed by atoms with Crippen LogP contribution in [-0.2, 0) is 4.74 Å². The maximum absolute atomic E-state index is 13.1. The molecule has 0 N–H and O–H groups in total. The molecular weight excluding hydrogens is 145 g/mol. The van der Waals surface area contributed by atoms with E-state index < -0.39 is 6.17 Å². The summed E-state index contributed by atoms with van der Waals surface area (Å²) >= 11 is 0. The summed E-state index contributed by atoms with van der Waals surface area (Å²) in [4.78, 5) is 2.11. The van der Waals surface area contributed by atoms with E-state index in [2.05, 4.69) is 11.8 Å². The van der Waals surface area contributed by atoms with Gasteiger partial charge in [0.1, 0.15) is 6.17 Å². The molecule has 1 aliphatic rings. The third kappa shape index (κ3) is 2.14. The second-order valence-electron chi connectivity index (χ2n) is 2.97. The van der Waals surface area contributed by atoms with Gasteiger partial charge in [0.05, 0.1) is 6.10 Å². The third-order valence-corrected chi connectivity index (χ3v) is 2.32. The first kappa shape index (κ1) is 8.94. The van der Waals surface area contributed by atoms with Gasteiger partial charge in [0.2, 0.25) is 0 Å². The lowest BCUT2D eigenvalue weighted by Crippen LogP contribution is -2.45. The van der Waals surface area contributed by atoms with Crippen LogP contribution in [0.3, 0.4) is 0 Å². The summed E-state index contributed by atoms with van der Waals surface area (Å²) in [5, 5.41) is 0. The Balaban J connectivity index is 2.34. The van der Waals surface area contributed by atoms with E-state index in [0.717, 1.165) is 19.5 Å². The number of halogens is 1. The molecule has 0 aromatic rings. The van der Waals surface area contributed by atoms with Gasteiger partial charge in [-0.3, -0.25) is 0 Å². The zero-order chi connectivity index (χ0) is 8.27. The van der Waals surface area contributed by atoms with Gasteiger partial charge in [-0.1, -0.05) is 6.92 Å². The van der Waals surface area contributed by atoms with E-state index in [4.69, 9.17) is 4.74 Å². The highest BCUT2D eigenvalue weighted by molar-refractivity contribution is 4.79. The van der Waals surface area contributed by atoms with Crippen molar-refractivity contribution < 1.29 is 9.13 Å². The van der Waals surface area contributed by atoms with Gasteiger partial charge in [-0.05, 0) is 13.0 Å². The molecule has 1 heterocycles. The topological polar surface area (TPSA) is 12.5 Å². The van der Waals surface area contributed by atoms with E-state index in [0.29, 0.717) is 6.54 Å². The molecule has 0 saturated carbocycles. The SMILES string of the molecule is CCN1CC[C@@H](OC)[C@@H](F)C1. The first-order chi connectivity index (χ1) is 5.27. The summed E-state index contributed by atoms with van der Waals surface area (Å²) in [5.74, 6) is 0. The van der Waals surface area contributed by atoms with Gasteiger partial charge in [-0.25, -0.2) is 4.39 Å². The summed E-state index contributed by atoms with van der Waals surface area (Å²) in [5.41, 5.74) is 0. The molecule has 0 spiro atoms. The Morgan fingerprint density at radius 2 is 2.36 bits per heavy atom. The molecule has 0 bridgehead atoms. The van der Waals surface area contributed by atoms with Gasteiger partial charge >= 0.3 is 0 Å². The number of likely N-dealkylation sites (tertiary alicyclic amines) is 1. The lowest BCUT2D eigenvalue weighted by atomic mass is 10.1. The molecule has 3 heteroatoms. The first-order valence-corrected chi connectivity index (χ1v) is 4.17. The van der Waals surface area contributed by atoms with Crippen molar-refractivity contribution in [3.8, 4) is 0 Å². The largest absolute Gasteiger partial charge is 0.378 e. The van der Waals surface area contributed by atoms with Crippen LogP contribution in [0.4, 0.5) is 4.39 Å². The number of hydrogen-bond acceptors (Lipinski definition) is 2. The van der Waals surface area contributed by atoms with Crippen LogP contribution in [0.1, 0.15) is 13.3 Å². The van der Waals surface area contributed by atoms with Crippen LogP contribution in [0.15, 0.2) is 0 Å². The lowest BCUT2D eigenvalue weighted by Gasteiger charge is -2.32. The average molecular weight is 161 g/mol. The van der Waals surface area contributed by atoms with Crippen LogP contribution in [0.5, 0.6) is 0 Å². The molecule has 66 valence electrons. The van der Waals surface area contributed by atoms with Crippen molar-refractivity contribution >= 4 is 0 Å². The molecule has 1 saturated heterocycles. The lowest BCUT2D eigenvalue weighted by molar-refractivity contribution is -0.0207. The third-order valence-electron chi connectivity index (χ3n) is 2.32. The predicted molar refractivity (Wildman–Crippen MR) is 42.4 cm³/mol. The van der Waals surface area contributed by atoms with Gasteiger partial charge in [-0.15, -0.1) is 0 Å². The summed E-state index contributed by atoms with van der Waals surface area (Å²) < 4.78 is 18.1. The standard InChI is InChI=1S/C8H16FNO/c1-3-10-5-4-8(11-2)7(9)6-10/h7-8H,3-6H2,1-2H3/t7-,8+/m0/s1. The summed E-state index contributed by atoms with van der Waals surface area (Å²) in [6.45, 7) is 4.50. The number of ether oxygens (including phenoxy) is 1. The smallest absolute Gasteiger partial charge is 0.139 e. The number of hydrogen-bond donors (Lipinski definition) is 0. The second kappa shape index (κ2) is 4.02.